The zero-order valence-electron chi connectivity index (χ0n) is 11.2. The standard InChI is InChI=1S/C15H18BrNO2/c1-10-11(4-3-7-19-2)8-12(9-14(10)16)15(18)17-13-5-6-13/h3-4,8-9,13H,5-7H2,1-2H3,(H,17,18)/b4-3+. The molecule has 0 heterocycles. The van der Waals surface area contributed by atoms with Gasteiger partial charge in [0.15, 0.2) is 0 Å². The number of methoxy groups -OCH3 is 1. The van der Waals surface area contributed by atoms with Gasteiger partial charge in [-0.2, -0.15) is 0 Å². The van der Waals surface area contributed by atoms with Crippen molar-refractivity contribution < 1.29 is 9.53 Å². The fourth-order valence-corrected chi connectivity index (χ4v) is 2.25. The topological polar surface area (TPSA) is 38.3 Å². The van der Waals surface area contributed by atoms with Crippen molar-refractivity contribution in [2.45, 2.75) is 25.8 Å². The fourth-order valence-electron chi connectivity index (χ4n) is 1.77. The summed E-state index contributed by atoms with van der Waals surface area (Å²) in [6.07, 6.45) is 6.12. The van der Waals surface area contributed by atoms with Gasteiger partial charge in [-0.05, 0) is 43.0 Å². The molecule has 1 aliphatic carbocycles. The molecule has 0 bridgehead atoms. The SMILES string of the molecule is COC/C=C/c1cc(C(=O)NC2CC2)cc(Br)c1C. The van der Waals surface area contributed by atoms with Crippen LogP contribution >= 0.6 is 15.9 Å². The van der Waals surface area contributed by atoms with Crippen molar-refractivity contribution >= 4 is 27.9 Å². The number of benzene rings is 1. The van der Waals surface area contributed by atoms with Crippen LogP contribution in [-0.4, -0.2) is 25.7 Å². The molecule has 0 aromatic heterocycles. The average molecular weight is 324 g/mol. The minimum Gasteiger partial charge on any atom is -0.381 e. The van der Waals surface area contributed by atoms with Crippen molar-refractivity contribution in [3.05, 3.63) is 39.4 Å². The summed E-state index contributed by atoms with van der Waals surface area (Å²) >= 11 is 3.51. The first-order valence-electron chi connectivity index (χ1n) is 6.38. The quantitative estimate of drug-likeness (QED) is 0.902. The van der Waals surface area contributed by atoms with E-state index >= 15 is 0 Å². The number of halogens is 1. The van der Waals surface area contributed by atoms with Gasteiger partial charge in [-0.25, -0.2) is 0 Å². The average Bonchev–Trinajstić information content (AvgIpc) is 3.18. The Balaban J connectivity index is 2.21. The minimum atomic E-state index is 0.00425. The van der Waals surface area contributed by atoms with E-state index in [2.05, 4.69) is 21.2 Å². The minimum absolute atomic E-state index is 0.00425. The highest BCUT2D eigenvalue weighted by molar-refractivity contribution is 9.10. The summed E-state index contributed by atoms with van der Waals surface area (Å²) < 4.78 is 5.95. The van der Waals surface area contributed by atoms with Crippen LogP contribution in [0.2, 0.25) is 0 Å². The number of hydrogen-bond acceptors (Lipinski definition) is 2. The maximum absolute atomic E-state index is 12.1. The largest absolute Gasteiger partial charge is 0.381 e. The van der Waals surface area contributed by atoms with Crippen molar-refractivity contribution in [1.29, 1.82) is 0 Å². The molecule has 0 saturated heterocycles. The van der Waals surface area contributed by atoms with Crippen LogP contribution in [0.25, 0.3) is 6.08 Å². The summed E-state index contributed by atoms with van der Waals surface area (Å²) in [7, 11) is 1.66. The molecular weight excluding hydrogens is 306 g/mol. The van der Waals surface area contributed by atoms with Gasteiger partial charge in [0.05, 0.1) is 6.61 Å². The number of hydrogen-bond donors (Lipinski definition) is 1. The van der Waals surface area contributed by atoms with Gasteiger partial charge in [-0.3, -0.25) is 4.79 Å². The van der Waals surface area contributed by atoms with Gasteiger partial charge in [0.1, 0.15) is 0 Å². The Morgan fingerprint density at radius 2 is 2.26 bits per heavy atom. The van der Waals surface area contributed by atoms with Gasteiger partial charge in [0, 0.05) is 23.2 Å². The lowest BCUT2D eigenvalue weighted by Gasteiger charge is -2.09. The molecule has 1 amide bonds. The molecule has 1 N–H and O–H groups in total. The lowest BCUT2D eigenvalue weighted by Crippen LogP contribution is -2.25. The Bertz CT molecular complexity index is 507. The highest BCUT2D eigenvalue weighted by Gasteiger charge is 2.24. The monoisotopic (exact) mass is 323 g/mol. The van der Waals surface area contributed by atoms with Crippen LogP contribution in [0.4, 0.5) is 0 Å². The van der Waals surface area contributed by atoms with Gasteiger partial charge in [0.25, 0.3) is 5.91 Å². The normalized spacial score (nSPS) is 14.9. The summed E-state index contributed by atoms with van der Waals surface area (Å²) in [4.78, 5) is 12.1. The van der Waals surface area contributed by atoms with Crippen molar-refractivity contribution in [2.24, 2.45) is 0 Å². The second kappa shape index (κ2) is 6.35. The van der Waals surface area contributed by atoms with Crippen molar-refractivity contribution in [3.8, 4) is 0 Å². The summed E-state index contributed by atoms with van der Waals surface area (Å²) in [5.41, 5.74) is 2.85. The molecule has 0 atom stereocenters. The van der Waals surface area contributed by atoms with E-state index < -0.39 is 0 Å². The molecule has 1 aromatic carbocycles. The number of amides is 1. The predicted molar refractivity (Wildman–Crippen MR) is 80.3 cm³/mol. The van der Waals surface area contributed by atoms with Crippen LogP contribution in [0, 0.1) is 6.92 Å². The molecular formula is C15H18BrNO2. The van der Waals surface area contributed by atoms with E-state index in [1.165, 1.54) is 0 Å². The van der Waals surface area contributed by atoms with Gasteiger partial charge < -0.3 is 10.1 Å². The zero-order valence-corrected chi connectivity index (χ0v) is 12.8. The molecule has 19 heavy (non-hydrogen) atoms. The second-order valence-corrected chi connectivity index (χ2v) is 5.63. The molecule has 4 heteroatoms. The maximum Gasteiger partial charge on any atom is 0.251 e. The Hall–Kier alpha value is -1.13. The Morgan fingerprint density at radius 1 is 1.53 bits per heavy atom. The molecule has 1 aromatic rings. The number of ether oxygens (including phenoxy) is 1. The fraction of sp³-hybridized carbons (Fsp3) is 0.400. The van der Waals surface area contributed by atoms with Crippen molar-refractivity contribution in [1.82, 2.24) is 5.32 Å². The van der Waals surface area contributed by atoms with E-state index in [0.29, 0.717) is 18.2 Å². The molecule has 2 rings (SSSR count). The van der Waals surface area contributed by atoms with E-state index in [9.17, 15) is 4.79 Å². The van der Waals surface area contributed by atoms with E-state index in [0.717, 1.165) is 28.4 Å². The smallest absolute Gasteiger partial charge is 0.251 e. The van der Waals surface area contributed by atoms with Crippen LogP contribution in [0.1, 0.15) is 34.3 Å². The molecule has 0 aliphatic heterocycles. The zero-order chi connectivity index (χ0) is 13.8. The lowest BCUT2D eigenvalue weighted by molar-refractivity contribution is 0.0951. The van der Waals surface area contributed by atoms with Crippen molar-refractivity contribution in [3.63, 3.8) is 0 Å². The third-order valence-electron chi connectivity index (χ3n) is 3.12. The molecule has 1 aliphatic rings. The van der Waals surface area contributed by atoms with Crippen molar-refractivity contribution in [2.75, 3.05) is 13.7 Å². The third kappa shape index (κ3) is 3.91. The maximum atomic E-state index is 12.1. The van der Waals surface area contributed by atoms with Gasteiger partial charge >= 0.3 is 0 Å². The highest BCUT2D eigenvalue weighted by atomic mass is 79.9. The molecule has 1 saturated carbocycles. The Labute approximate surface area is 122 Å². The first-order chi connectivity index (χ1) is 9.11. The van der Waals surface area contributed by atoms with Gasteiger partial charge in [-0.1, -0.05) is 28.1 Å². The molecule has 0 radical (unpaired) electrons. The van der Waals surface area contributed by atoms with E-state index in [-0.39, 0.29) is 5.91 Å². The summed E-state index contributed by atoms with van der Waals surface area (Å²) in [5, 5.41) is 3.00. The molecule has 0 spiro atoms. The van der Waals surface area contributed by atoms with Crippen LogP contribution in [0.15, 0.2) is 22.7 Å². The summed E-state index contributed by atoms with van der Waals surface area (Å²) in [6.45, 7) is 2.59. The van der Waals surface area contributed by atoms with Crippen LogP contribution in [0.3, 0.4) is 0 Å². The number of carbonyl (C=O) groups excluding carboxylic acids is 1. The molecule has 3 nitrogen and oxygen atoms in total. The van der Waals surface area contributed by atoms with E-state index in [1.807, 2.05) is 31.2 Å². The van der Waals surface area contributed by atoms with Gasteiger partial charge in [0.2, 0.25) is 0 Å². The predicted octanol–water partition coefficient (Wildman–Crippen LogP) is 3.31. The van der Waals surface area contributed by atoms with Crippen LogP contribution in [-0.2, 0) is 4.74 Å². The molecule has 0 unspecified atom stereocenters. The first kappa shape index (κ1) is 14.3. The molecule has 102 valence electrons. The van der Waals surface area contributed by atoms with Crippen LogP contribution < -0.4 is 5.32 Å². The number of rotatable bonds is 5. The third-order valence-corrected chi connectivity index (χ3v) is 3.94. The highest BCUT2D eigenvalue weighted by Crippen LogP contribution is 2.25. The number of carbonyl (C=O) groups is 1. The van der Waals surface area contributed by atoms with Gasteiger partial charge in [-0.15, -0.1) is 0 Å². The second-order valence-electron chi connectivity index (χ2n) is 4.78. The Kier molecular flexibility index (Phi) is 4.77. The Morgan fingerprint density at radius 3 is 2.89 bits per heavy atom. The van der Waals surface area contributed by atoms with Crippen LogP contribution in [0.5, 0.6) is 0 Å². The first-order valence-corrected chi connectivity index (χ1v) is 7.17. The lowest BCUT2D eigenvalue weighted by atomic mass is 10.0. The summed E-state index contributed by atoms with van der Waals surface area (Å²) in [5.74, 6) is 0.00425. The summed E-state index contributed by atoms with van der Waals surface area (Å²) in [6, 6.07) is 4.17. The van der Waals surface area contributed by atoms with E-state index in [1.54, 1.807) is 7.11 Å². The van der Waals surface area contributed by atoms with E-state index in [4.69, 9.17) is 4.74 Å². The molecule has 1 fully saturated rings. The number of nitrogens with one attached hydrogen (secondary N) is 1.